The monoisotopic (exact) mass is 295 g/mol. The van der Waals surface area contributed by atoms with Crippen LogP contribution in [0.25, 0.3) is 10.2 Å². The molecule has 8 heteroatoms. The molecule has 0 unspecified atom stereocenters. The third-order valence-electron chi connectivity index (χ3n) is 2.49. The van der Waals surface area contributed by atoms with Gasteiger partial charge in [-0.3, -0.25) is 0 Å². The van der Waals surface area contributed by atoms with Gasteiger partial charge in [0, 0.05) is 11.4 Å². The van der Waals surface area contributed by atoms with E-state index in [1.807, 2.05) is 19.9 Å². The maximum Gasteiger partial charge on any atom is 0.404 e. The molecule has 0 atom stereocenters. The normalized spacial score (nSPS) is 10.5. The predicted octanol–water partition coefficient (Wildman–Crippen LogP) is 1.94. The molecule has 0 bridgehead atoms. The first-order valence-corrected chi connectivity index (χ1v) is 7.10. The van der Waals surface area contributed by atoms with E-state index in [4.69, 9.17) is 5.73 Å². The highest BCUT2D eigenvalue weighted by atomic mass is 32.1. The average molecular weight is 295 g/mol. The summed E-state index contributed by atoms with van der Waals surface area (Å²) in [7, 11) is 0. The first-order chi connectivity index (χ1) is 9.60. The molecule has 4 N–H and O–H groups in total. The first kappa shape index (κ1) is 14.3. The minimum absolute atomic E-state index is 0.195. The molecule has 7 nitrogen and oxygen atoms in total. The highest BCUT2D eigenvalue weighted by Crippen LogP contribution is 2.29. The average Bonchev–Trinajstić information content (AvgIpc) is 2.75. The molecule has 0 spiro atoms. The van der Waals surface area contributed by atoms with Crippen LogP contribution in [0.15, 0.2) is 6.07 Å². The minimum Gasteiger partial charge on any atom is -0.448 e. The van der Waals surface area contributed by atoms with Crippen molar-refractivity contribution >= 4 is 39.4 Å². The number of carbonyl (C=O) groups is 1. The van der Waals surface area contributed by atoms with Gasteiger partial charge in [0.25, 0.3) is 0 Å². The molecule has 0 aromatic carbocycles. The van der Waals surface area contributed by atoms with Gasteiger partial charge in [0.05, 0.1) is 11.9 Å². The second-order valence-electron chi connectivity index (χ2n) is 4.10. The molecule has 0 saturated heterocycles. The van der Waals surface area contributed by atoms with E-state index in [0.717, 1.165) is 22.6 Å². The molecule has 0 aliphatic rings. The van der Waals surface area contributed by atoms with Crippen LogP contribution >= 0.6 is 11.3 Å². The second kappa shape index (κ2) is 6.38. The van der Waals surface area contributed by atoms with Crippen molar-refractivity contribution in [2.24, 2.45) is 5.73 Å². The van der Waals surface area contributed by atoms with Crippen LogP contribution in [0.4, 0.5) is 16.6 Å². The number of rotatable bonds is 6. The van der Waals surface area contributed by atoms with Gasteiger partial charge in [0.1, 0.15) is 17.3 Å². The van der Waals surface area contributed by atoms with Gasteiger partial charge in [-0.15, -0.1) is 11.3 Å². The number of anilines is 2. The van der Waals surface area contributed by atoms with Crippen molar-refractivity contribution in [3.63, 3.8) is 0 Å². The fraction of sp³-hybridized carbons (Fsp3) is 0.417. The lowest BCUT2D eigenvalue weighted by Crippen LogP contribution is -2.19. The molecule has 20 heavy (non-hydrogen) atoms. The molecule has 0 radical (unpaired) electrons. The molecule has 2 aromatic heterocycles. The van der Waals surface area contributed by atoms with Gasteiger partial charge in [-0.05, 0) is 19.9 Å². The van der Waals surface area contributed by atoms with E-state index in [-0.39, 0.29) is 6.61 Å². The number of aromatic nitrogens is 2. The molecule has 0 fully saturated rings. The smallest absolute Gasteiger partial charge is 0.404 e. The number of carbonyl (C=O) groups excluding carboxylic acids is 1. The summed E-state index contributed by atoms with van der Waals surface area (Å²) < 4.78 is 4.68. The fourth-order valence-electron chi connectivity index (χ4n) is 1.73. The number of primary amides is 1. The van der Waals surface area contributed by atoms with Crippen molar-refractivity contribution in [2.75, 3.05) is 30.3 Å². The summed E-state index contributed by atoms with van der Waals surface area (Å²) in [6.07, 6.45) is -0.778. The SMILES string of the molecule is CCNc1nc(NCCOC(N)=O)c2cc(C)sc2n1. The van der Waals surface area contributed by atoms with Crippen molar-refractivity contribution in [1.82, 2.24) is 9.97 Å². The molecule has 0 aliphatic carbocycles. The Kier molecular flexibility index (Phi) is 4.57. The van der Waals surface area contributed by atoms with E-state index in [9.17, 15) is 4.79 Å². The van der Waals surface area contributed by atoms with E-state index >= 15 is 0 Å². The molecule has 0 saturated carbocycles. The summed E-state index contributed by atoms with van der Waals surface area (Å²) in [6.45, 7) is 5.40. The summed E-state index contributed by atoms with van der Waals surface area (Å²) in [5, 5.41) is 7.20. The highest BCUT2D eigenvalue weighted by Gasteiger charge is 2.10. The van der Waals surface area contributed by atoms with Gasteiger partial charge < -0.3 is 21.1 Å². The van der Waals surface area contributed by atoms with Crippen molar-refractivity contribution in [2.45, 2.75) is 13.8 Å². The molecule has 1 amide bonds. The number of hydrogen-bond acceptors (Lipinski definition) is 7. The number of nitrogens with two attached hydrogens (primary N) is 1. The Morgan fingerprint density at radius 1 is 1.45 bits per heavy atom. The molecule has 108 valence electrons. The van der Waals surface area contributed by atoms with Gasteiger partial charge in [-0.25, -0.2) is 9.78 Å². The van der Waals surface area contributed by atoms with Crippen LogP contribution < -0.4 is 16.4 Å². The lowest BCUT2D eigenvalue weighted by atomic mass is 10.3. The summed E-state index contributed by atoms with van der Waals surface area (Å²) in [6, 6.07) is 2.03. The Bertz CT molecular complexity index is 613. The first-order valence-electron chi connectivity index (χ1n) is 6.28. The molecular formula is C12H17N5O2S. The number of nitrogens with one attached hydrogen (secondary N) is 2. The van der Waals surface area contributed by atoms with Gasteiger partial charge >= 0.3 is 6.09 Å². The summed E-state index contributed by atoms with van der Waals surface area (Å²) >= 11 is 1.61. The second-order valence-corrected chi connectivity index (χ2v) is 5.33. The summed E-state index contributed by atoms with van der Waals surface area (Å²) in [5.74, 6) is 1.31. The Morgan fingerprint density at radius 2 is 2.25 bits per heavy atom. The zero-order valence-electron chi connectivity index (χ0n) is 11.4. The maximum atomic E-state index is 10.5. The van der Waals surface area contributed by atoms with E-state index in [1.165, 1.54) is 4.88 Å². The van der Waals surface area contributed by atoms with Crippen molar-refractivity contribution in [3.8, 4) is 0 Å². The van der Waals surface area contributed by atoms with Gasteiger partial charge in [0.15, 0.2) is 0 Å². The predicted molar refractivity (Wildman–Crippen MR) is 80.3 cm³/mol. The van der Waals surface area contributed by atoms with Crippen LogP contribution in [0.3, 0.4) is 0 Å². The highest BCUT2D eigenvalue weighted by molar-refractivity contribution is 7.18. The van der Waals surface area contributed by atoms with Gasteiger partial charge in [-0.1, -0.05) is 0 Å². The van der Waals surface area contributed by atoms with Crippen molar-refractivity contribution in [3.05, 3.63) is 10.9 Å². The molecule has 0 aliphatic heterocycles. The van der Waals surface area contributed by atoms with E-state index in [1.54, 1.807) is 11.3 Å². The zero-order chi connectivity index (χ0) is 14.5. The fourth-order valence-corrected chi connectivity index (χ4v) is 2.61. The summed E-state index contributed by atoms with van der Waals surface area (Å²) in [5.41, 5.74) is 4.91. The quantitative estimate of drug-likeness (QED) is 0.704. The standard InChI is InChI=1S/C12H17N5O2S/c1-3-14-12-16-9(15-4-5-19-11(13)18)8-6-7(2)20-10(8)17-12/h6H,3-5H2,1-2H3,(H2,13,18)(H2,14,15,16,17). The van der Waals surface area contributed by atoms with Crippen molar-refractivity contribution < 1.29 is 9.53 Å². The maximum absolute atomic E-state index is 10.5. The third kappa shape index (κ3) is 3.47. The molecule has 2 heterocycles. The van der Waals surface area contributed by atoms with Crippen LogP contribution in [0, 0.1) is 6.92 Å². The van der Waals surface area contributed by atoms with Crippen LogP contribution in [-0.4, -0.2) is 35.8 Å². The van der Waals surface area contributed by atoms with Crippen LogP contribution in [0.5, 0.6) is 0 Å². The van der Waals surface area contributed by atoms with Gasteiger partial charge in [0.2, 0.25) is 5.95 Å². The van der Waals surface area contributed by atoms with Crippen molar-refractivity contribution in [1.29, 1.82) is 0 Å². The lowest BCUT2D eigenvalue weighted by molar-refractivity contribution is 0.161. The number of hydrogen-bond donors (Lipinski definition) is 3. The third-order valence-corrected chi connectivity index (χ3v) is 3.43. The topological polar surface area (TPSA) is 102 Å². The number of ether oxygens (including phenoxy) is 1. The zero-order valence-corrected chi connectivity index (χ0v) is 12.2. The Hall–Kier alpha value is -2.09. The number of thiophene rings is 1. The minimum atomic E-state index is -0.778. The van der Waals surface area contributed by atoms with Crippen LogP contribution in [0.1, 0.15) is 11.8 Å². The molecule has 2 aromatic rings. The number of aryl methyl sites for hydroxylation is 1. The number of nitrogens with zero attached hydrogens (tertiary/aromatic N) is 2. The Labute approximate surface area is 120 Å². The number of amides is 1. The molecule has 2 rings (SSSR count). The van der Waals surface area contributed by atoms with Crippen LogP contribution in [-0.2, 0) is 4.74 Å². The lowest BCUT2D eigenvalue weighted by Gasteiger charge is -2.09. The van der Waals surface area contributed by atoms with Gasteiger partial charge in [-0.2, -0.15) is 4.98 Å². The van der Waals surface area contributed by atoms with E-state index in [2.05, 4.69) is 25.3 Å². The number of fused-ring (bicyclic) bond motifs is 1. The largest absolute Gasteiger partial charge is 0.448 e. The van der Waals surface area contributed by atoms with E-state index < -0.39 is 6.09 Å². The summed E-state index contributed by atoms with van der Waals surface area (Å²) in [4.78, 5) is 21.5. The van der Waals surface area contributed by atoms with Crippen LogP contribution in [0.2, 0.25) is 0 Å². The van der Waals surface area contributed by atoms with E-state index in [0.29, 0.717) is 12.5 Å². The Balaban J connectivity index is 2.18. The Morgan fingerprint density at radius 3 is 2.95 bits per heavy atom. The molecular weight excluding hydrogens is 278 g/mol.